The van der Waals surface area contributed by atoms with Crippen molar-refractivity contribution in [3.05, 3.63) is 104 Å². The van der Waals surface area contributed by atoms with Crippen molar-refractivity contribution in [1.82, 2.24) is 9.55 Å². The summed E-state index contributed by atoms with van der Waals surface area (Å²) in [5.74, 6) is -0.290. The summed E-state index contributed by atoms with van der Waals surface area (Å²) >= 11 is 0. The maximum absolute atomic E-state index is 13.1. The van der Waals surface area contributed by atoms with Gasteiger partial charge >= 0.3 is 5.69 Å². The predicted molar refractivity (Wildman–Crippen MR) is 143 cm³/mol. The first kappa shape index (κ1) is 24.5. The van der Waals surface area contributed by atoms with Gasteiger partial charge in [0.15, 0.2) is 0 Å². The van der Waals surface area contributed by atoms with Gasteiger partial charge in [-0.25, -0.2) is 13.2 Å². The molecule has 1 amide bonds. The summed E-state index contributed by atoms with van der Waals surface area (Å²) in [5.41, 5.74) is 3.28. The molecule has 10 heteroatoms. The highest BCUT2D eigenvalue weighted by molar-refractivity contribution is 7.91. The fraction of sp³-hybridized carbons (Fsp3) is 0.222. The van der Waals surface area contributed by atoms with Crippen LogP contribution < -0.4 is 20.9 Å². The number of aromatic nitrogens is 2. The molecule has 0 bridgehead atoms. The molecule has 0 atom stereocenters. The standard InChI is InChI=1S/C27H26N4O5S/c1-18-6-8-19(9-7-18)17-37(35,36)29-21-10-11-23-20(16-21)12-14-30(23)25(32)13-15-31-24-5-3-2-4-22(24)26(33)28-27(31)34/h2-11,16,29H,12-15,17H2,1H3,(H,28,33,34). The fourth-order valence-electron chi connectivity index (χ4n) is 4.65. The van der Waals surface area contributed by atoms with Gasteiger partial charge in [-0.2, -0.15) is 0 Å². The number of fused-ring (bicyclic) bond motifs is 2. The lowest BCUT2D eigenvalue weighted by atomic mass is 10.1. The molecule has 0 saturated carbocycles. The van der Waals surface area contributed by atoms with Crippen molar-refractivity contribution in [2.45, 2.75) is 32.1 Å². The van der Waals surface area contributed by atoms with E-state index in [9.17, 15) is 22.8 Å². The summed E-state index contributed by atoms with van der Waals surface area (Å²) in [6, 6.07) is 19.3. The fourth-order valence-corrected chi connectivity index (χ4v) is 5.84. The molecule has 0 unspecified atom stereocenters. The Morgan fingerprint density at radius 3 is 2.57 bits per heavy atom. The van der Waals surface area contributed by atoms with Crippen molar-refractivity contribution < 1.29 is 13.2 Å². The lowest BCUT2D eigenvalue weighted by Crippen LogP contribution is -2.34. The van der Waals surface area contributed by atoms with Gasteiger partial charge in [-0.05, 0) is 54.8 Å². The second-order valence-electron chi connectivity index (χ2n) is 9.16. The van der Waals surface area contributed by atoms with Gasteiger partial charge in [0.25, 0.3) is 5.56 Å². The molecule has 37 heavy (non-hydrogen) atoms. The largest absolute Gasteiger partial charge is 0.328 e. The molecule has 1 aliphatic rings. The summed E-state index contributed by atoms with van der Waals surface area (Å²) in [5, 5.41) is 0.387. The first-order valence-corrected chi connectivity index (χ1v) is 13.6. The number of H-pyrrole nitrogens is 1. The topological polar surface area (TPSA) is 121 Å². The van der Waals surface area contributed by atoms with E-state index in [1.54, 1.807) is 59.5 Å². The Balaban J connectivity index is 1.28. The van der Waals surface area contributed by atoms with E-state index < -0.39 is 21.3 Å². The van der Waals surface area contributed by atoms with Gasteiger partial charge in [0.2, 0.25) is 15.9 Å². The van der Waals surface area contributed by atoms with Crippen molar-refractivity contribution in [3.8, 4) is 0 Å². The number of amides is 1. The van der Waals surface area contributed by atoms with E-state index >= 15 is 0 Å². The number of aryl methyl sites for hydroxylation is 2. The van der Waals surface area contributed by atoms with Crippen LogP contribution in [0.1, 0.15) is 23.1 Å². The number of carbonyl (C=O) groups excluding carboxylic acids is 1. The Hall–Kier alpha value is -4.18. The normalized spacial score (nSPS) is 13.1. The maximum atomic E-state index is 13.1. The van der Waals surface area contributed by atoms with E-state index in [4.69, 9.17) is 0 Å². The summed E-state index contributed by atoms with van der Waals surface area (Å²) in [6.45, 7) is 2.54. The number of rotatable bonds is 7. The monoisotopic (exact) mass is 518 g/mol. The molecule has 9 nitrogen and oxygen atoms in total. The average Bonchev–Trinajstić information content (AvgIpc) is 3.28. The highest BCUT2D eigenvalue weighted by atomic mass is 32.2. The molecule has 3 aromatic carbocycles. The lowest BCUT2D eigenvalue weighted by molar-refractivity contribution is -0.118. The molecule has 2 N–H and O–H groups in total. The van der Waals surface area contributed by atoms with E-state index in [1.165, 1.54) is 4.57 Å². The van der Waals surface area contributed by atoms with Gasteiger partial charge in [-0.15, -0.1) is 0 Å². The molecule has 4 aromatic rings. The Kier molecular flexibility index (Phi) is 6.43. The lowest BCUT2D eigenvalue weighted by Gasteiger charge is -2.18. The van der Waals surface area contributed by atoms with Crippen molar-refractivity contribution >= 4 is 38.2 Å². The zero-order valence-electron chi connectivity index (χ0n) is 20.2. The predicted octanol–water partition coefficient (Wildman–Crippen LogP) is 2.92. The van der Waals surface area contributed by atoms with Crippen LogP contribution in [-0.4, -0.2) is 30.4 Å². The van der Waals surface area contributed by atoms with Crippen molar-refractivity contribution in [2.75, 3.05) is 16.2 Å². The summed E-state index contributed by atoms with van der Waals surface area (Å²) in [4.78, 5) is 41.5. The van der Waals surface area contributed by atoms with Gasteiger partial charge in [-0.1, -0.05) is 42.0 Å². The number of hydrogen-bond acceptors (Lipinski definition) is 5. The number of nitrogens with zero attached hydrogens (tertiary/aromatic N) is 2. The van der Waals surface area contributed by atoms with E-state index in [-0.39, 0.29) is 24.6 Å². The highest BCUT2D eigenvalue weighted by Crippen LogP contribution is 2.31. The van der Waals surface area contributed by atoms with Crippen LogP contribution in [0.3, 0.4) is 0 Å². The number of hydrogen-bond donors (Lipinski definition) is 2. The molecule has 0 radical (unpaired) electrons. The van der Waals surface area contributed by atoms with Crippen molar-refractivity contribution in [2.24, 2.45) is 0 Å². The van der Waals surface area contributed by atoms with E-state index in [1.807, 2.05) is 19.1 Å². The Bertz CT molecular complexity index is 1720. The van der Waals surface area contributed by atoms with Crippen molar-refractivity contribution in [1.29, 1.82) is 0 Å². The molecule has 190 valence electrons. The third kappa shape index (κ3) is 5.19. The molecule has 5 rings (SSSR count). The minimum atomic E-state index is -3.60. The first-order chi connectivity index (χ1) is 17.7. The van der Waals surface area contributed by atoms with Crippen LogP contribution in [0.15, 0.2) is 76.3 Å². The van der Waals surface area contributed by atoms with Crippen LogP contribution in [0.5, 0.6) is 0 Å². The maximum Gasteiger partial charge on any atom is 0.328 e. The zero-order valence-corrected chi connectivity index (χ0v) is 21.0. The molecule has 0 saturated heterocycles. The van der Waals surface area contributed by atoms with E-state index in [0.29, 0.717) is 35.1 Å². The number of aromatic amines is 1. The van der Waals surface area contributed by atoms with Crippen LogP contribution >= 0.6 is 0 Å². The number of sulfonamides is 1. The quantitative estimate of drug-likeness (QED) is 0.390. The van der Waals surface area contributed by atoms with E-state index in [2.05, 4.69) is 9.71 Å². The number of para-hydroxylation sites is 1. The van der Waals surface area contributed by atoms with Crippen molar-refractivity contribution in [3.63, 3.8) is 0 Å². The van der Waals surface area contributed by atoms with Gasteiger partial charge in [0, 0.05) is 30.9 Å². The smallest absolute Gasteiger partial charge is 0.312 e. The molecular formula is C27H26N4O5S. The van der Waals surface area contributed by atoms with Crippen LogP contribution in [0, 0.1) is 6.92 Å². The van der Waals surface area contributed by atoms with Gasteiger partial charge in [0.05, 0.1) is 16.7 Å². The molecule has 0 fully saturated rings. The molecular weight excluding hydrogens is 492 g/mol. The second kappa shape index (κ2) is 9.70. The van der Waals surface area contributed by atoms with Crippen LogP contribution in [0.25, 0.3) is 10.9 Å². The average molecular weight is 519 g/mol. The highest BCUT2D eigenvalue weighted by Gasteiger charge is 2.25. The first-order valence-electron chi connectivity index (χ1n) is 11.9. The van der Waals surface area contributed by atoms with Crippen LogP contribution in [0.4, 0.5) is 11.4 Å². The van der Waals surface area contributed by atoms with Gasteiger partial charge in [0.1, 0.15) is 0 Å². The number of carbonyl (C=O) groups is 1. The van der Waals surface area contributed by atoms with Gasteiger partial charge < -0.3 is 4.90 Å². The van der Waals surface area contributed by atoms with Crippen LogP contribution in [-0.2, 0) is 33.5 Å². The number of nitrogens with one attached hydrogen (secondary N) is 2. The Morgan fingerprint density at radius 2 is 1.78 bits per heavy atom. The SMILES string of the molecule is Cc1ccc(CS(=O)(=O)Nc2ccc3c(c2)CCN3C(=O)CCn2c(=O)[nH]c(=O)c3ccccc32)cc1. The number of benzene rings is 3. The summed E-state index contributed by atoms with van der Waals surface area (Å²) in [7, 11) is -3.60. The van der Waals surface area contributed by atoms with Crippen LogP contribution in [0.2, 0.25) is 0 Å². The molecule has 0 aliphatic carbocycles. The molecule has 0 spiro atoms. The summed E-state index contributed by atoms with van der Waals surface area (Å²) < 4.78 is 29.4. The van der Waals surface area contributed by atoms with Gasteiger partial charge in [-0.3, -0.25) is 23.9 Å². The zero-order chi connectivity index (χ0) is 26.2. The Labute approximate surface area is 213 Å². The third-order valence-electron chi connectivity index (χ3n) is 6.48. The Morgan fingerprint density at radius 1 is 1.03 bits per heavy atom. The minimum Gasteiger partial charge on any atom is -0.312 e. The molecule has 1 aromatic heterocycles. The third-order valence-corrected chi connectivity index (χ3v) is 7.74. The summed E-state index contributed by atoms with van der Waals surface area (Å²) in [6.07, 6.45) is 0.663. The molecule has 1 aliphatic heterocycles. The molecule has 2 heterocycles. The number of anilines is 2. The second-order valence-corrected chi connectivity index (χ2v) is 10.9. The minimum absolute atomic E-state index is 0.0698. The van der Waals surface area contributed by atoms with E-state index in [0.717, 1.165) is 16.8 Å².